The molecule has 1 atom stereocenters. The second-order valence-corrected chi connectivity index (χ2v) is 4.29. The monoisotopic (exact) mass is 247 g/mol. The molecule has 0 spiro atoms. The van der Waals surface area contributed by atoms with Crippen LogP contribution in [0.5, 0.6) is 0 Å². The van der Waals surface area contributed by atoms with Crippen LogP contribution in [-0.2, 0) is 0 Å². The Hall–Kier alpha value is -0.480. The van der Waals surface area contributed by atoms with Gasteiger partial charge in [-0.3, -0.25) is 0 Å². The third-order valence-corrected chi connectivity index (χ3v) is 2.89. The summed E-state index contributed by atoms with van der Waals surface area (Å²) in [5.41, 5.74) is 12.2. The van der Waals surface area contributed by atoms with E-state index in [1.165, 1.54) is 0 Å². The Morgan fingerprint density at radius 2 is 2.00 bits per heavy atom. The predicted molar refractivity (Wildman–Crippen MR) is 66.8 cm³/mol. The third-order valence-electron chi connectivity index (χ3n) is 2.16. The number of likely N-dealkylation sites (N-methyl/N-ethyl adjacent to an activating group) is 1. The molecule has 0 heterocycles. The Balaban J connectivity index is 2.73. The fourth-order valence-electron chi connectivity index (χ4n) is 1.25. The van der Waals surface area contributed by atoms with Crippen LogP contribution in [0.1, 0.15) is 0 Å². The minimum atomic E-state index is -0.0375. The van der Waals surface area contributed by atoms with E-state index in [4.69, 9.17) is 34.7 Å². The van der Waals surface area contributed by atoms with Gasteiger partial charge in [0.1, 0.15) is 0 Å². The van der Waals surface area contributed by atoms with E-state index in [0.717, 1.165) is 5.69 Å². The van der Waals surface area contributed by atoms with Gasteiger partial charge in [-0.1, -0.05) is 23.2 Å². The van der Waals surface area contributed by atoms with Crippen molar-refractivity contribution in [3.8, 4) is 0 Å². The summed E-state index contributed by atoms with van der Waals surface area (Å²) in [6, 6.07) is 5.44. The highest BCUT2D eigenvalue weighted by molar-refractivity contribution is 6.42. The van der Waals surface area contributed by atoms with E-state index in [2.05, 4.69) is 0 Å². The van der Waals surface area contributed by atoms with Gasteiger partial charge < -0.3 is 16.4 Å². The molecule has 0 aliphatic carbocycles. The molecule has 0 aliphatic rings. The normalized spacial score (nSPS) is 12.6. The summed E-state index contributed by atoms with van der Waals surface area (Å²) in [6.07, 6.45) is 0. The van der Waals surface area contributed by atoms with Crippen LogP contribution >= 0.6 is 23.2 Å². The first-order chi connectivity index (χ1) is 7.04. The Kier molecular flexibility index (Phi) is 4.67. The molecule has 1 rings (SSSR count). The Labute approximate surface area is 99.9 Å². The summed E-state index contributed by atoms with van der Waals surface area (Å²) in [5, 5.41) is 1.10. The van der Waals surface area contributed by atoms with E-state index >= 15 is 0 Å². The van der Waals surface area contributed by atoms with Gasteiger partial charge in [-0.15, -0.1) is 0 Å². The van der Waals surface area contributed by atoms with Crippen LogP contribution in [0.3, 0.4) is 0 Å². The molecule has 0 fully saturated rings. The highest BCUT2D eigenvalue weighted by atomic mass is 35.5. The molecule has 5 heteroatoms. The van der Waals surface area contributed by atoms with Gasteiger partial charge in [0.25, 0.3) is 0 Å². The molecule has 84 valence electrons. The molecule has 0 bridgehead atoms. The average molecular weight is 248 g/mol. The summed E-state index contributed by atoms with van der Waals surface area (Å²) in [5.74, 6) is 0. The largest absolute Gasteiger partial charge is 0.373 e. The van der Waals surface area contributed by atoms with Gasteiger partial charge in [0.05, 0.1) is 10.0 Å². The van der Waals surface area contributed by atoms with Crippen molar-refractivity contribution in [2.45, 2.75) is 6.04 Å². The molecule has 1 aromatic carbocycles. The van der Waals surface area contributed by atoms with Gasteiger partial charge in [0, 0.05) is 31.9 Å². The van der Waals surface area contributed by atoms with Gasteiger partial charge in [-0.05, 0) is 18.2 Å². The van der Waals surface area contributed by atoms with E-state index in [1.807, 2.05) is 24.1 Å². The predicted octanol–water partition coefficient (Wildman–Crippen LogP) is 1.72. The second kappa shape index (κ2) is 5.56. The maximum Gasteiger partial charge on any atom is 0.0612 e. The first kappa shape index (κ1) is 12.6. The summed E-state index contributed by atoms with van der Waals surface area (Å²) in [6.45, 7) is 1.15. The van der Waals surface area contributed by atoms with Crippen LogP contribution in [0, 0.1) is 0 Å². The maximum atomic E-state index is 5.91. The molecule has 4 N–H and O–H groups in total. The molecular weight excluding hydrogens is 233 g/mol. The first-order valence-corrected chi connectivity index (χ1v) is 5.42. The van der Waals surface area contributed by atoms with Crippen LogP contribution in [0.4, 0.5) is 5.69 Å². The minimum Gasteiger partial charge on any atom is -0.373 e. The lowest BCUT2D eigenvalue weighted by atomic mass is 10.2. The number of nitrogens with two attached hydrogens (primary N) is 2. The molecule has 0 aromatic heterocycles. The highest BCUT2D eigenvalue weighted by Gasteiger charge is 2.07. The first-order valence-electron chi connectivity index (χ1n) is 4.66. The Morgan fingerprint density at radius 1 is 1.33 bits per heavy atom. The fourth-order valence-corrected chi connectivity index (χ4v) is 1.55. The summed E-state index contributed by atoms with van der Waals surface area (Å²) in [7, 11) is 1.94. The second-order valence-electron chi connectivity index (χ2n) is 3.47. The van der Waals surface area contributed by atoms with Crippen LogP contribution in [0.15, 0.2) is 18.2 Å². The van der Waals surface area contributed by atoms with Gasteiger partial charge in [0.15, 0.2) is 0 Å². The van der Waals surface area contributed by atoms with E-state index in [1.54, 1.807) is 6.07 Å². The zero-order chi connectivity index (χ0) is 11.4. The molecule has 3 nitrogen and oxygen atoms in total. The number of hydrogen-bond donors (Lipinski definition) is 2. The van der Waals surface area contributed by atoms with E-state index < -0.39 is 0 Å². The Bertz CT molecular complexity index is 330. The smallest absolute Gasteiger partial charge is 0.0612 e. The number of nitrogens with zero attached hydrogens (tertiary/aromatic N) is 1. The number of halogens is 2. The lowest BCUT2D eigenvalue weighted by Crippen LogP contribution is -2.40. The third kappa shape index (κ3) is 3.54. The van der Waals surface area contributed by atoms with Crippen molar-refractivity contribution in [3.63, 3.8) is 0 Å². The van der Waals surface area contributed by atoms with E-state index in [0.29, 0.717) is 23.1 Å². The van der Waals surface area contributed by atoms with Gasteiger partial charge in [-0.2, -0.15) is 0 Å². The molecule has 0 saturated carbocycles. The molecule has 0 aliphatic heterocycles. The van der Waals surface area contributed by atoms with E-state index in [9.17, 15) is 0 Å². The van der Waals surface area contributed by atoms with Crippen molar-refractivity contribution in [3.05, 3.63) is 28.2 Å². The van der Waals surface area contributed by atoms with Crippen molar-refractivity contribution < 1.29 is 0 Å². The van der Waals surface area contributed by atoms with Crippen molar-refractivity contribution >= 4 is 28.9 Å². The summed E-state index contributed by atoms with van der Waals surface area (Å²) >= 11 is 11.7. The molecule has 0 saturated heterocycles. The highest BCUT2D eigenvalue weighted by Crippen LogP contribution is 2.26. The number of hydrogen-bond acceptors (Lipinski definition) is 3. The lowest BCUT2D eigenvalue weighted by molar-refractivity contribution is 0.668. The number of benzene rings is 1. The zero-order valence-electron chi connectivity index (χ0n) is 8.58. The Morgan fingerprint density at radius 3 is 2.53 bits per heavy atom. The van der Waals surface area contributed by atoms with Crippen LogP contribution in [0.25, 0.3) is 0 Å². The van der Waals surface area contributed by atoms with Crippen LogP contribution in [-0.4, -0.2) is 26.2 Å². The summed E-state index contributed by atoms with van der Waals surface area (Å²) < 4.78 is 0. The van der Waals surface area contributed by atoms with E-state index in [-0.39, 0.29) is 6.04 Å². The molecule has 0 amide bonds. The van der Waals surface area contributed by atoms with Crippen LogP contribution < -0.4 is 16.4 Å². The standard InChI is InChI=1S/C10H15Cl2N3/c1-15(6-7(14)5-13)8-2-3-9(11)10(12)4-8/h2-4,7H,5-6,13-14H2,1H3. The molecule has 15 heavy (non-hydrogen) atoms. The molecular formula is C10H15Cl2N3. The van der Waals surface area contributed by atoms with Crippen molar-refractivity contribution in [2.75, 3.05) is 25.0 Å². The fraction of sp³-hybridized carbons (Fsp3) is 0.400. The quantitative estimate of drug-likeness (QED) is 0.852. The number of anilines is 1. The summed E-state index contributed by atoms with van der Waals surface area (Å²) in [4.78, 5) is 2.00. The van der Waals surface area contributed by atoms with Crippen molar-refractivity contribution in [1.82, 2.24) is 0 Å². The topological polar surface area (TPSA) is 55.3 Å². The SMILES string of the molecule is CN(CC(N)CN)c1ccc(Cl)c(Cl)c1. The lowest BCUT2D eigenvalue weighted by Gasteiger charge is -2.22. The number of rotatable bonds is 4. The van der Waals surface area contributed by atoms with Crippen LogP contribution in [0.2, 0.25) is 10.0 Å². The maximum absolute atomic E-state index is 5.91. The van der Waals surface area contributed by atoms with Gasteiger partial charge in [0.2, 0.25) is 0 Å². The average Bonchev–Trinajstić information content (AvgIpc) is 2.21. The minimum absolute atomic E-state index is 0.0375. The van der Waals surface area contributed by atoms with Gasteiger partial charge >= 0.3 is 0 Å². The van der Waals surface area contributed by atoms with Crippen molar-refractivity contribution in [2.24, 2.45) is 11.5 Å². The molecule has 0 radical (unpaired) electrons. The molecule has 1 unspecified atom stereocenters. The molecule has 1 aromatic rings. The van der Waals surface area contributed by atoms with Crippen molar-refractivity contribution in [1.29, 1.82) is 0 Å². The zero-order valence-corrected chi connectivity index (χ0v) is 10.1. The van der Waals surface area contributed by atoms with Gasteiger partial charge in [-0.25, -0.2) is 0 Å².